The van der Waals surface area contributed by atoms with E-state index in [0.29, 0.717) is 5.56 Å². The number of nitrogens with one attached hydrogen (secondary N) is 1. The highest BCUT2D eigenvalue weighted by molar-refractivity contribution is 6.31. The molecule has 6 heteroatoms. The van der Waals surface area contributed by atoms with Crippen LogP contribution in [0.5, 0.6) is 0 Å². The molecule has 25 heavy (non-hydrogen) atoms. The quantitative estimate of drug-likeness (QED) is 0.854. The molecule has 0 unspecified atom stereocenters. The molecule has 2 aromatic rings. The lowest BCUT2D eigenvalue weighted by molar-refractivity contribution is -0.130. The summed E-state index contributed by atoms with van der Waals surface area (Å²) in [7, 11) is 1.58. The Kier molecular flexibility index (Phi) is 6.53. The molecule has 0 fully saturated rings. The Bertz CT molecular complexity index is 760. The van der Waals surface area contributed by atoms with Gasteiger partial charge in [-0.2, -0.15) is 0 Å². The number of nitrogens with zero attached hydrogens (tertiary/aromatic N) is 1. The summed E-state index contributed by atoms with van der Waals surface area (Å²) in [4.78, 5) is 25.7. The molecule has 0 aromatic heterocycles. The van der Waals surface area contributed by atoms with Crippen LogP contribution in [-0.2, 0) is 11.3 Å². The van der Waals surface area contributed by atoms with Gasteiger partial charge in [-0.05, 0) is 30.7 Å². The number of carbonyl (C=O) groups excluding carboxylic acids is 2. The van der Waals surface area contributed by atoms with Gasteiger partial charge in [0.1, 0.15) is 5.82 Å². The first-order valence-corrected chi connectivity index (χ1v) is 8.28. The Labute approximate surface area is 151 Å². The van der Waals surface area contributed by atoms with Crippen LogP contribution in [0.15, 0.2) is 42.5 Å². The second-order valence-electron chi connectivity index (χ2n) is 5.77. The number of halogens is 2. The molecule has 4 nitrogen and oxygen atoms in total. The van der Waals surface area contributed by atoms with Crippen LogP contribution in [-0.4, -0.2) is 30.3 Å². The Balaban J connectivity index is 1.86. The molecular formula is C19H20ClFN2O2. The van der Waals surface area contributed by atoms with Crippen molar-refractivity contribution >= 4 is 23.4 Å². The second-order valence-corrected chi connectivity index (χ2v) is 6.18. The van der Waals surface area contributed by atoms with Crippen LogP contribution < -0.4 is 5.32 Å². The highest BCUT2D eigenvalue weighted by Gasteiger charge is 2.15. The van der Waals surface area contributed by atoms with Gasteiger partial charge in [-0.15, -0.1) is 0 Å². The van der Waals surface area contributed by atoms with Crippen molar-refractivity contribution in [1.29, 1.82) is 0 Å². The van der Waals surface area contributed by atoms with Crippen LogP contribution in [0.4, 0.5) is 4.39 Å². The van der Waals surface area contributed by atoms with Crippen molar-refractivity contribution in [3.63, 3.8) is 0 Å². The molecule has 0 aliphatic rings. The molecular weight excluding hydrogens is 343 g/mol. The molecule has 0 heterocycles. The summed E-state index contributed by atoms with van der Waals surface area (Å²) in [6.07, 6.45) is 0.125. The zero-order valence-corrected chi connectivity index (χ0v) is 14.9. The number of carbonyl (C=O) groups is 2. The van der Waals surface area contributed by atoms with Crippen LogP contribution >= 0.6 is 11.6 Å². The Morgan fingerprint density at radius 2 is 1.88 bits per heavy atom. The molecule has 132 valence electrons. The van der Waals surface area contributed by atoms with E-state index in [0.717, 1.165) is 5.56 Å². The van der Waals surface area contributed by atoms with Crippen molar-refractivity contribution in [2.45, 2.75) is 19.9 Å². The maximum atomic E-state index is 13.8. The number of aryl methyl sites for hydroxylation is 1. The standard InChI is InChI=1S/C19H20ClFN2O2/c1-13-6-3-4-7-14(13)19(25)22-11-10-18(24)23(2)12-15-16(20)8-5-9-17(15)21/h3-9H,10-12H2,1-2H3,(H,22,25). The lowest BCUT2D eigenvalue weighted by atomic mass is 10.1. The average molecular weight is 363 g/mol. The van der Waals surface area contributed by atoms with E-state index in [1.54, 1.807) is 25.2 Å². The fraction of sp³-hybridized carbons (Fsp3) is 0.263. The topological polar surface area (TPSA) is 49.4 Å². The third-order valence-electron chi connectivity index (χ3n) is 3.90. The van der Waals surface area contributed by atoms with Crippen molar-refractivity contribution in [3.05, 3.63) is 70.0 Å². The average Bonchev–Trinajstić information content (AvgIpc) is 2.58. The van der Waals surface area contributed by atoms with E-state index < -0.39 is 5.82 Å². The Morgan fingerprint density at radius 1 is 1.16 bits per heavy atom. The fourth-order valence-corrected chi connectivity index (χ4v) is 2.63. The van der Waals surface area contributed by atoms with Crippen molar-refractivity contribution in [1.82, 2.24) is 10.2 Å². The summed E-state index contributed by atoms with van der Waals surface area (Å²) in [6, 6.07) is 11.6. The summed E-state index contributed by atoms with van der Waals surface area (Å²) in [5.41, 5.74) is 1.74. The van der Waals surface area contributed by atoms with Gasteiger partial charge in [0.15, 0.2) is 0 Å². The third kappa shape index (κ3) is 5.03. The summed E-state index contributed by atoms with van der Waals surface area (Å²) in [6.45, 7) is 2.14. The van der Waals surface area contributed by atoms with Crippen LogP contribution in [0.3, 0.4) is 0 Å². The summed E-state index contributed by atoms with van der Waals surface area (Å²) in [5.74, 6) is -0.866. The van der Waals surface area contributed by atoms with E-state index in [9.17, 15) is 14.0 Å². The van der Waals surface area contributed by atoms with Crippen molar-refractivity contribution in [3.8, 4) is 0 Å². The van der Waals surface area contributed by atoms with Crippen LogP contribution in [0.1, 0.15) is 27.9 Å². The van der Waals surface area contributed by atoms with E-state index in [1.807, 2.05) is 19.1 Å². The van der Waals surface area contributed by atoms with E-state index in [2.05, 4.69) is 5.32 Å². The molecule has 0 aliphatic heterocycles. The normalized spacial score (nSPS) is 10.4. The van der Waals surface area contributed by atoms with E-state index in [1.165, 1.54) is 17.0 Å². The van der Waals surface area contributed by atoms with Crippen molar-refractivity contribution in [2.75, 3.05) is 13.6 Å². The van der Waals surface area contributed by atoms with Crippen LogP contribution in [0.25, 0.3) is 0 Å². The largest absolute Gasteiger partial charge is 0.352 e. The molecule has 0 radical (unpaired) electrons. The van der Waals surface area contributed by atoms with Gasteiger partial charge in [0, 0.05) is 42.7 Å². The monoisotopic (exact) mass is 362 g/mol. The van der Waals surface area contributed by atoms with Crippen molar-refractivity contribution in [2.24, 2.45) is 0 Å². The number of rotatable bonds is 6. The number of benzene rings is 2. The molecule has 2 aromatic carbocycles. The predicted octanol–water partition coefficient (Wildman–Crippen LogP) is 3.57. The number of hydrogen-bond acceptors (Lipinski definition) is 2. The van der Waals surface area contributed by atoms with Gasteiger partial charge in [0.2, 0.25) is 5.91 Å². The minimum absolute atomic E-state index is 0.0794. The van der Waals surface area contributed by atoms with Crippen molar-refractivity contribution < 1.29 is 14.0 Å². The summed E-state index contributed by atoms with van der Waals surface area (Å²) >= 11 is 5.97. The molecule has 0 bridgehead atoms. The summed E-state index contributed by atoms with van der Waals surface area (Å²) in [5, 5.41) is 3.01. The van der Waals surface area contributed by atoms with Gasteiger partial charge in [0.25, 0.3) is 5.91 Å². The highest BCUT2D eigenvalue weighted by Crippen LogP contribution is 2.20. The van der Waals surface area contributed by atoms with Gasteiger partial charge in [-0.1, -0.05) is 35.9 Å². The highest BCUT2D eigenvalue weighted by atomic mass is 35.5. The molecule has 0 spiro atoms. The van der Waals surface area contributed by atoms with E-state index in [-0.39, 0.29) is 41.9 Å². The minimum Gasteiger partial charge on any atom is -0.352 e. The third-order valence-corrected chi connectivity index (χ3v) is 4.25. The minimum atomic E-state index is -0.444. The van der Waals surface area contributed by atoms with Gasteiger partial charge < -0.3 is 10.2 Å². The van der Waals surface area contributed by atoms with Crippen LogP contribution in [0.2, 0.25) is 5.02 Å². The molecule has 0 aliphatic carbocycles. The molecule has 2 amide bonds. The van der Waals surface area contributed by atoms with E-state index >= 15 is 0 Å². The molecule has 0 saturated carbocycles. The molecule has 0 saturated heterocycles. The molecule has 2 rings (SSSR count). The fourth-order valence-electron chi connectivity index (χ4n) is 2.41. The molecule has 0 atom stereocenters. The van der Waals surface area contributed by atoms with Gasteiger partial charge in [0.05, 0.1) is 0 Å². The second kappa shape index (κ2) is 8.62. The smallest absolute Gasteiger partial charge is 0.251 e. The lowest BCUT2D eigenvalue weighted by Crippen LogP contribution is -2.32. The lowest BCUT2D eigenvalue weighted by Gasteiger charge is -2.18. The van der Waals surface area contributed by atoms with Gasteiger partial charge in [-0.3, -0.25) is 9.59 Å². The summed E-state index contributed by atoms with van der Waals surface area (Å²) < 4.78 is 13.8. The first-order chi connectivity index (χ1) is 11.9. The van der Waals surface area contributed by atoms with Gasteiger partial charge >= 0.3 is 0 Å². The maximum Gasteiger partial charge on any atom is 0.251 e. The zero-order chi connectivity index (χ0) is 18.4. The Morgan fingerprint density at radius 3 is 2.56 bits per heavy atom. The zero-order valence-electron chi connectivity index (χ0n) is 14.2. The van der Waals surface area contributed by atoms with Gasteiger partial charge in [-0.25, -0.2) is 4.39 Å². The Hall–Kier alpha value is -2.40. The SMILES string of the molecule is Cc1ccccc1C(=O)NCCC(=O)N(C)Cc1c(F)cccc1Cl. The number of hydrogen-bond donors (Lipinski definition) is 1. The maximum absolute atomic E-state index is 13.8. The van der Waals surface area contributed by atoms with Crippen LogP contribution in [0, 0.1) is 12.7 Å². The first kappa shape index (κ1) is 18.9. The predicted molar refractivity (Wildman–Crippen MR) is 96.0 cm³/mol. The molecule has 1 N–H and O–H groups in total. The first-order valence-electron chi connectivity index (χ1n) is 7.91. The number of amides is 2. The van der Waals surface area contributed by atoms with E-state index in [4.69, 9.17) is 11.6 Å².